The lowest BCUT2D eigenvalue weighted by atomic mass is 10.0. The number of piperazine rings is 1. The van der Waals surface area contributed by atoms with E-state index >= 15 is 0 Å². The van der Waals surface area contributed by atoms with E-state index in [4.69, 9.17) is 4.74 Å². The maximum atomic E-state index is 13.2. The molecule has 2 aliphatic rings. The molecule has 158 valence electrons. The van der Waals surface area contributed by atoms with E-state index in [1.807, 2.05) is 52.5 Å². The lowest BCUT2D eigenvalue weighted by molar-refractivity contribution is -0.115. The molecule has 3 rings (SSSR count). The van der Waals surface area contributed by atoms with Crippen LogP contribution in [-0.2, 0) is 9.53 Å². The molecule has 1 aromatic carbocycles. The van der Waals surface area contributed by atoms with Crippen LogP contribution in [0.1, 0.15) is 51.9 Å². The number of anilines is 1. The van der Waals surface area contributed by atoms with Crippen molar-refractivity contribution in [2.75, 3.05) is 18.4 Å². The molecule has 3 atom stereocenters. The van der Waals surface area contributed by atoms with Crippen molar-refractivity contribution in [2.24, 2.45) is 0 Å². The van der Waals surface area contributed by atoms with Crippen molar-refractivity contribution in [2.45, 2.75) is 69.4 Å². The van der Waals surface area contributed by atoms with Gasteiger partial charge in [0, 0.05) is 35.6 Å². The molecule has 1 fully saturated rings. The Labute approximate surface area is 176 Å². The first-order valence-electron chi connectivity index (χ1n) is 9.88. The summed E-state index contributed by atoms with van der Waals surface area (Å²) in [5.41, 5.74) is 0.653. The quantitative estimate of drug-likeness (QED) is 0.753. The molecule has 2 aliphatic heterocycles. The smallest absolute Gasteiger partial charge is 0.410 e. The van der Waals surface area contributed by atoms with E-state index < -0.39 is 5.60 Å². The van der Waals surface area contributed by atoms with Crippen molar-refractivity contribution >= 4 is 35.4 Å². The van der Waals surface area contributed by atoms with Crippen molar-refractivity contribution in [1.82, 2.24) is 9.80 Å². The van der Waals surface area contributed by atoms with Crippen LogP contribution < -0.4 is 5.32 Å². The van der Waals surface area contributed by atoms with Gasteiger partial charge in [-0.1, -0.05) is 0 Å². The summed E-state index contributed by atoms with van der Waals surface area (Å²) in [7, 11) is 0. The second-order valence-electron chi connectivity index (χ2n) is 8.76. The molecular weight excluding hydrogens is 390 g/mol. The van der Waals surface area contributed by atoms with Crippen molar-refractivity contribution in [3.63, 3.8) is 0 Å². The zero-order chi connectivity index (χ0) is 21.5. The first-order valence-corrected chi connectivity index (χ1v) is 10.8. The van der Waals surface area contributed by atoms with Crippen LogP contribution in [0.4, 0.5) is 10.5 Å². The number of hydrogen-bond acceptors (Lipinski definition) is 5. The van der Waals surface area contributed by atoms with Gasteiger partial charge in [-0.15, -0.1) is 11.8 Å². The van der Waals surface area contributed by atoms with Gasteiger partial charge < -0.3 is 19.9 Å². The molecule has 1 N–H and O–H groups in total. The molecule has 0 radical (unpaired) electrons. The molecule has 0 bridgehead atoms. The lowest BCUT2D eigenvalue weighted by Crippen LogP contribution is -2.60. The van der Waals surface area contributed by atoms with E-state index in [1.54, 1.807) is 17.0 Å². The van der Waals surface area contributed by atoms with Crippen LogP contribution in [0.5, 0.6) is 0 Å². The van der Waals surface area contributed by atoms with Gasteiger partial charge in [-0.05, 0) is 59.7 Å². The zero-order valence-corrected chi connectivity index (χ0v) is 18.6. The Morgan fingerprint density at radius 2 is 1.76 bits per heavy atom. The van der Waals surface area contributed by atoms with Crippen molar-refractivity contribution in [3.8, 4) is 0 Å². The predicted octanol–water partition coefficient (Wildman–Crippen LogP) is 3.59. The van der Waals surface area contributed by atoms with Gasteiger partial charge in [-0.2, -0.15) is 0 Å². The van der Waals surface area contributed by atoms with E-state index in [2.05, 4.69) is 5.32 Å². The molecule has 0 saturated carbocycles. The summed E-state index contributed by atoms with van der Waals surface area (Å²) >= 11 is 1.49. The summed E-state index contributed by atoms with van der Waals surface area (Å²) in [4.78, 5) is 42.1. The third-order valence-corrected chi connectivity index (χ3v) is 6.14. The highest BCUT2D eigenvalue weighted by atomic mass is 32.2. The summed E-state index contributed by atoms with van der Waals surface area (Å²) in [5.74, 6) is -0.158. The monoisotopic (exact) mass is 419 g/mol. The fourth-order valence-electron chi connectivity index (χ4n) is 3.69. The third-order valence-electron chi connectivity index (χ3n) is 4.96. The van der Waals surface area contributed by atoms with Gasteiger partial charge in [0.25, 0.3) is 5.91 Å². The van der Waals surface area contributed by atoms with Crippen LogP contribution in [0.3, 0.4) is 0 Å². The summed E-state index contributed by atoms with van der Waals surface area (Å²) < 4.78 is 5.48. The molecule has 2 heterocycles. The molecular formula is C21H29N3O4S. The fraction of sp³-hybridized carbons (Fsp3) is 0.571. The first-order chi connectivity index (χ1) is 13.5. The number of amides is 3. The van der Waals surface area contributed by atoms with E-state index in [-0.39, 0.29) is 35.2 Å². The fourth-order valence-corrected chi connectivity index (χ4v) is 4.62. The number of rotatable bonds is 1. The van der Waals surface area contributed by atoms with Crippen molar-refractivity contribution < 1.29 is 19.1 Å². The molecule has 0 unspecified atom stereocenters. The highest BCUT2D eigenvalue weighted by Crippen LogP contribution is 2.36. The normalized spacial score (nSPS) is 24.6. The second kappa shape index (κ2) is 7.89. The van der Waals surface area contributed by atoms with Crippen molar-refractivity contribution in [3.05, 3.63) is 23.8 Å². The minimum absolute atomic E-state index is 0.0557. The second-order valence-corrected chi connectivity index (χ2v) is 10.1. The molecule has 29 heavy (non-hydrogen) atoms. The van der Waals surface area contributed by atoms with Gasteiger partial charge in [-0.25, -0.2) is 4.79 Å². The number of fused-ring (bicyclic) bond motifs is 1. The third kappa shape index (κ3) is 4.69. The minimum Gasteiger partial charge on any atom is -0.444 e. The summed E-state index contributed by atoms with van der Waals surface area (Å²) in [5, 5.41) is 2.73. The molecule has 1 aromatic rings. The Morgan fingerprint density at radius 3 is 2.34 bits per heavy atom. The predicted molar refractivity (Wildman–Crippen MR) is 113 cm³/mol. The van der Waals surface area contributed by atoms with Crippen LogP contribution >= 0.6 is 11.8 Å². The van der Waals surface area contributed by atoms with Crippen molar-refractivity contribution in [1.29, 1.82) is 0 Å². The Bertz CT molecular complexity index is 824. The Hall–Kier alpha value is -2.22. The van der Waals surface area contributed by atoms with E-state index in [0.717, 1.165) is 4.90 Å². The number of hydrogen-bond donors (Lipinski definition) is 1. The number of carbonyl (C=O) groups excluding carboxylic acids is 3. The number of nitrogens with zero attached hydrogens (tertiary/aromatic N) is 2. The van der Waals surface area contributed by atoms with Crippen LogP contribution in [0.2, 0.25) is 0 Å². The Morgan fingerprint density at radius 1 is 1.14 bits per heavy atom. The highest BCUT2D eigenvalue weighted by molar-refractivity contribution is 8.00. The van der Waals surface area contributed by atoms with Crippen LogP contribution in [0.15, 0.2) is 23.1 Å². The number of ether oxygens (including phenoxy) is 1. The molecule has 0 aromatic heterocycles. The Kier molecular flexibility index (Phi) is 5.85. The average molecular weight is 420 g/mol. The lowest BCUT2D eigenvalue weighted by Gasteiger charge is -2.44. The largest absolute Gasteiger partial charge is 0.444 e. The SMILES string of the molecule is C[C@@H]1CN(C(=O)OC(C)(C)C)C[C@H](C)N1C(=O)c1ccc2c(c1)NC(=O)[C@@H](C)S2. The summed E-state index contributed by atoms with van der Waals surface area (Å²) in [6.45, 7) is 12.1. The van der Waals surface area contributed by atoms with Gasteiger partial charge >= 0.3 is 6.09 Å². The number of carbonyl (C=O) groups is 3. The molecule has 1 saturated heterocycles. The summed E-state index contributed by atoms with van der Waals surface area (Å²) in [6, 6.07) is 5.12. The maximum absolute atomic E-state index is 13.2. The number of benzene rings is 1. The van der Waals surface area contributed by atoms with Gasteiger partial charge in [-0.3, -0.25) is 9.59 Å². The molecule has 8 heteroatoms. The number of thioether (sulfide) groups is 1. The topological polar surface area (TPSA) is 79.0 Å². The minimum atomic E-state index is -0.556. The molecule has 3 amide bonds. The highest BCUT2D eigenvalue weighted by Gasteiger charge is 2.37. The first kappa shape index (κ1) is 21.5. The number of nitrogens with one attached hydrogen (secondary N) is 1. The van der Waals surface area contributed by atoms with E-state index in [0.29, 0.717) is 24.3 Å². The van der Waals surface area contributed by atoms with E-state index in [9.17, 15) is 14.4 Å². The Balaban J connectivity index is 1.74. The van der Waals surface area contributed by atoms with Gasteiger partial charge in [0.1, 0.15) is 5.60 Å². The standard InChI is InChI=1S/C21H29N3O4S/c1-12-10-23(20(27)28-21(4,5)6)11-13(2)24(12)19(26)15-7-8-17-16(9-15)22-18(25)14(3)29-17/h7-9,12-14H,10-11H2,1-6H3,(H,22,25)/t12-,13+,14-/m1/s1. The molecule has 0 aliphatic carbocycles. The average Bonchev–Trinajstić information content (AvgIpc) is 2.60. The zero-order valence-electron chi connectivity index (χ0n) is 17.8. The van der Waals surface area contributed by atoms with Crippen LogP contribution in [0, 0.1) is 0 Å². The van der Waals surface area contributed by atoms with E-state index in [1.165, 1.54) is 11.8 Å². The van der Waals surface area contributed by atoms with Crippen LogP contribution in [-0.4, -0.2) is 63.7 Å². The van der Waals surface area contributed by atoms with Gasteiger partial charge in [0.15, 0.2) is 0 Å². The van der Waals surface area contributed by atoms with Gasteiger partial charge in [0.05, 0.1) is 10.9 Å². The van der Waals surface area contributed by atoms with Gasteiger partial charge in [0.2, 0.25) is 5.91 Å². The van der Waals surface area contributed by atoms with Crippen LogP contribution in [0.25, 0.3) is 0 Å². The maximum Gasteiger partial charge on any atom is 0.410 e. The summed E-state index contributed by atoms with van der Waals surface area (Å²) in [6.07, 6.45) is -0.356. The molecule has 0 spiro atoms. The molecule has 7 nitrogen and oxygen atoms in total.